The normalized spacial score (nSPS) is 12.5. The summed E-state index contributed by atoms with van der Waals surface area (Å²) in [5, 5.41) is 31.3. The minimum absolute atomic E-state index is 0.0709. The molecular formula is C40H42N8O4S2. The van der Waals surface area contributed by atoms with Crippen LogP contribution in [0.15, 0.2) is 115 Å². The van der Waals surface area contributed by atoms with Crippen LogP contribution >= 0.6 is 0 Å². The topological polar surface area (TPSA) is 222 Å². The zero-order valence-corrected chi connectivity index (χ0v) is 32.1. The predicted octanol–water partition coefficient (Wildman–Crippen LogP) is 9.20. The number of nitrogens with two attached hydrogens (primary N) is 4. The fourth-order valence-electron chi connectivity index (χ4n) is 6.73. The average Bonchev–Trinajstić information content (AvgIpc) is 3.15. The molecule has 0 aliphatic heterocycles. The first-order valence-corrected chi connectivity index (χ1v) is 20.6. The zero-order valence-electron chi connectivity index (χ0n) is 30.5. The van der Waals surface area contributed by atoms with Gasteiger partial charge in [0, 0.05) is 21.5 Å². The van der Waals surface area contributed by atoms with E-state index in [0.717, 1.165) is 33.4 Å². The minimum Gasteiger partial charge on any atom is -0.396 e. The highest BCUT2D eigenvalue weighted by Gasteiger charge is 2.20. The van der Waals surface area contributed by atoms with Gasteiger partial charge in [0.15, 0.2) is 0 Å². The number of aryl methyl sites for hydroxylation is 4. The van der Waals surface area contributed by atoms with Crippen LogP contribution in [0.25, 0.3) is 32.7 Å². The maximum Gasteiger partial charge on any atom is 0.238 e. The lowest BCUT2D eigenvalue weighted by atomic mass is 9.92. The summed E-state index contributed by atoms with van der Waals surface area (Å²) < 4.78 is 50.0. The summed E-state index contributed by atoms with van der Waals surface area (Å²) in [6, 6.07) is 24.9. The number of rotatable bonds is 11. The number of azo groups is 2. The molecule has 0 aliphatic carbocycles. The number of fused-ring (bicyclic) bond motifs is 2. The van der Waals surface area contributed by atoms with Crippen molar-refractivity contribution in [1.82, 2.24) is 0 Å². The van der Waals surface area contributed by atoms with Gasteiger partial charge in [-0.1, -0.05) is 76.2 Å². The van der Waals surface area contributed by atoms with Gasteiger partial charge in [-0.25, -0.2) is 27.1 Å². The molecule has 0 saturated carbocycles. The molecule has 6 aromatic rings. The molecule has 0 amide bonds. The summed E-state index contributed by atoms with van der Waals surface area (Å²) in [4.78, 5) is -0.142. The van der Waals surface area contributed by atoms with E-state index in [4.69, 9.17) is 21.7 Å². The molecule has 0 saturated heterocycles. The van der Waals surface area contributed by atoms with Crippen LogP contribution < -0.4 is 21.7 Å². The van der Waals surface area contributed by atoms with Crippen LogP contribution in [0.4, 0.5) is 34.1 Å². The molecule has 0 fully saturated rings. The molecule has 54 heavy (non-hydrogen) atoms. The van der Waals surface area contributed by atoms with Gasteiger partial charge in [-0.15, -0.1) is 20.5 Å². The number of anilines is 2. The van der Waals surface area contributed by atoms with Gasteiger partial charge in [-0.3, -0.25) is 0 Å². The van der Waals surface area contributed by atoms with Crippen molar-refractivity contribution < 1.29 is 16.8 Å². The Labute approximate surface area is 315 Å². The van der Waals surface area contributed by atoms with E-state index in [0.29, 0.717) is 70.0 Å². The van der Waals surface area contributed by atoms with Gasteiger partial charge in [-0.2, -0.15) is 0 Å². The smallest absolute Gasteiger partial charge is 0.238 e. The number of primary sulfonamides is 2. The van der Waals surface area contributed by atoms with Crippen LogP contribution in [0.1, 0.15) is 49.9 Å². The van der Waals surface area contributed by atoms with E-state index in [1.54, 1.807) is 48.5 Å². The molecule has 0 spiro atoms. The lowest BCUT2D eigenvalue weighted by Gasteiger charge is -2.16. The van der Waals surface area contributed by atoms with Gasteiger partial charge < -0.3 is 11.5 Å². The van der Waals surface area contributed by atoms with Gasteiger partial charge in [-0.05, 0) is 95.5 Å². The molecule has 14 heteroatoms. The molecule has 0 radical (unpaired) electrons. The van der Waals surface area contributed by atoms with Crippen LogP contribution in [0.5, 0.6) is 0 Å². The summed E-state index contributed by atoms with van der Waals surface area (Å²) in [6.07, 6.45) is 2.64. The second-order valence-electron chi connectivity index (χ2n) is 12.9. The van der Waals surface area contributed by atoms with E-state index >= 15 is 0 Å². The summed E-state index contributed by atoms with van der Waals surface area (Å²) in [6.45, 7) is 8.16. The van der Waals surface area contributed by atoms with E-state index < -0.39 is 20.0 Å². The third kappa shape index (κ3) is 7.33. The van der Waals surface area contributed by atoms with E-state index in [1.165, 1.54) is 12.1 Å². The van der Waals surface area contributed by atoms with Crippen molar-refractivity contribution in [2.45, 2.75) is 63.2 Å². The van der Waals surface area contributed by atoms with Gasteiger partial charge in [0.25, 0.3) is 0 Å². The summed E-state index contributed by atoms with van der Waals surface area (Å²) in [5.41, 5.74) is 21.2. The van der Waals surface area contributed by atoms with Gasteiger partial charge in [0.05, 0.1) is 32.5 Å². The molecule has 0 heterocycles. The number of hydrogen-bond donors (Lipinski definition) is 4. The maximum atomic E-state index is 12.5. The molecule has 8 N–H and O–H groups in total. The molecule has 0 aromatic heterocycles. The Kier molecular flexibility index (Phi) is 10.7. The van der Waals surface area contributed by atoms with Gasteiger partial charge in [0.1, 0.15) is 11.4 Å². The second kappa shape index (κ2) is 15.1. The molecule has 6 aromatic carbocycles. The molecule has 0 aliphatic rings. The largest absolute Gasteiger partial charge is 0.396 e. The Morgan fingerprint density at radius 3 is 1.04 bits per heavy atom. The van der Waals surface area contributed by atoms with Crippen LogP contribution in [0, 0.1) is 0 Å². The van der Waals surface area contributed by atoms with Crippen molar-refractivity contribution in [2.24, 2.45) is 30.7 Å². The van der Waals surface area contributed by atoms with Crippen molar-refractivity contribution in [1.29, 1.82) is 0 Å². The highest BCUT2D eigenvalue weighted by molar-refractivity contribution is 7.89. The van der Waals surface area contributed by atoms with Crippen LogP contribution in [-0.4, -0.2) is 16.8 Å². The highest BCUT2D eigenvalue weighted by Crippen LogP contribution is 2.41. The monoisotopic (exact) mass is 762 g/mol. The Balaban J connectivity index is 1.42. The van der Waals surface area contributed by atoms with Crippen molar-refractivity contribution in [3.63, 3.8) is 0 Å². The van der Waals surface area contributed by atoms with E-state index in [9.17, 15) is 16.8 Å². The Bertz CT molecular complexity index is 2510. The fourth-order valence-corrected chi connectivity index (χ4v) is 8.25. The first-order valence-electron chi connectivity index (χ1n) is 17.5. The van der Waals surface area contributed by atoms with E-state index in [2.05, 4.69) is 44.7 Å². The van der Waals surface area contributed by atoms with Crippen molar-refractivity contribution >= 4 is 75.7 Å². The summed E-state index contributed by atoms with van der Waals surface area (Å²) in [5.74, 6) is 0. The van der Waals surface area contributed by atoms with E-state index in [1.807, 2.05) is 27.7 Å². The van der Waals surface area contributed by atoms with Crippen molar-refractivity contribution in [3.8, 4) is 11.1 Å². The third-order valence-electron chi connectivity index (χ3n) is 9.57. The predicted molar refractivity (Wildman–Crippen MR) is 217 cm³/mol. The zero-order chi connectivity index (χ0) is 38.9. The van der Waals surface area contributed by atoms with E-state index in [-0.39, 0.29) is 21.2 Å². The maximum absolute atomic E-state index is 12.5. The molecule has 0 atom stereocenters. The number of nitrogen functional groups attached to an aromatic ring is 2. The summed E-state index contributed by atoms with van der Waals surface area (Å²) in [7, 11) is -8.13. The first-order chi connectivity index (χ1) is 25.7. The van der Waals surface area contributed by atoms with Gasteiger partial charge >= 0.3 is 0 Å². The third-order valence-corrected chi connectivity index (χ3v) is 11.5. The van der Waals surface area contributed by atoms with Gasteiger partial charge in [0.2, 0.25) is 20.0 Å². The number of hydrogen-bond acceptors (Lipinski definition) is 10. The molecule has 278 valence electrons. The van der Waals surface area contributed by atoms with Crippen LogP contribution in [0.3, 0.4) is 0 Å². The molecule has 0 unspecified atom stereocenters. The van der Waals surface area contributed by atoms with Crippen molar-refractivity contribution in [2.75, 3.05) is 11.5 Å². The molecule has 0 bridgehead atoms. The molecular weight excluding hydrogens is 721 g/mol. The number of sulfonamides is 2. The second-order valence-corrected chi connectivity index (χ2v) is 16.0. The lowest BCUT2D eigenvalue weighted by molar-refractivity contribution is 0.597. The standard InChI is InChI=1S/C40H42N8O4S2/c1-5-23-17-27(18-24(6-2)39(23)47-45-33-21-35(53(43,49)50)29-13-9-11-15-31(29)37(33)41)28-19-25(7-3)40(26(8-4)20-28)48-46-34-22-36(54(44,51)52)30-14-10-12-16-32(30)38(34)42/h9-22H,5-8,41-42H2,1-4H3,(H2,43,49,50)(H2,44,51,52). The fraction of sp³-hybridized carbons (Fsp3) is 0.200. The Morgan fingerprint density at radius 1 is 0.463 bits per heavy atom. The number of benzene rings is 6. The highest BCUT2D eigenvalue weighted by atomic mass is 32.2. The van der Waals surface area contributed by atoms with Crippen LogP contribution in [-0.2, 0) is 45.7 Å². The minimum atomic E-state index is -4.07. The number of nitrogens with zero attached hydrogens (tertiary/aromatic N) is 4. The quantitative estimate of drug-likeness (QED) is 0.0743. The lowest BCUT2D eigenvalue weighted by Crippen LogP contribution is -2.13. The molecule has 12 nitrogen and oxygen atoms in total. The van der Waals surface area contributed by atoms with Crippen LogP contribution in [0.2, 0.25) is 0 Å². The first kappa shape index (κ1) is 38.2. The van der Waals surface area contributed by atoms with Crippen molar-refractivity contribution in [3.05, 3.63) is 107 Å². The SMILES string of the molecule is CCc1cc(-c2cc(CC)c(N=Nc3cc(S(N)(=O)=O)c4ccccc4c3N)c(CC)c2)cc(CC)c1N=Nc1cc(S(N)(=O)=O)c2ccccc2c1N. The summed E-state index contributed by atoms with van der Waals surface area (Å²) >= 11 is 0. The average molecular weight is 763 g/mol. The Hall–Kier alpha value is -5.54. The Morgan fingerprint density at radius 2 is 0.759 bits per heavy atom. The molecule has 6 rings (SSSR count).